The van der Waals surface area contributed by atoms with Crippen LogP contribution in [0.2, 0.25) is 0 Å². The monoisotopic (exact) mass is 493 g/mol. The molecular formula is C24H32FN3O3S2. The largest absolute Gasteiger partial charge is 0.340 e. The highest BCUT2D eigenvalue weighted by Crippen LogP contribution is 2.15. The molecule has 1 aliphatic rings. The van der Waals surface area contributed by atoms with Crippen molar-refractivity contribution >= 4 is 27.7 Å². The summed E-state index contributed by atoms with van der Waals surface area (Å²) in [6, 6.07) is 12.3. The molecule has 1 saturated heterocycles. The second-order valence-corrected chi connectivity index (χ2v) is 11.0. The van der Waals surface area contributed by atoms with Crippen molar-refractivity contribution in [2.45, 2.75) is 37.2 Å². The predicted molar refractivity (Wildman–Crippen MR) is 131 cm³/mol. The number of sulfonamides is 1. The highest BCUT2D eigenvalue weighted by Gasteiger charge is 2.30. The highest BCUT2D eigenvalue weighted by atomic mass is 32.2. The lowest BCUT2D eigenvalue weighted by atomic mass is 10.2. The third-order valence-electron chi connectivity index (χ3n) is 5.76. The molecule has 1 atom stereocenters. The van der Waals surface area contributed by atoms with E-state index in [1.54, 1.807) is 53.1 Å². The average Bonchev–Trinajstić information content (AvgIpc) is 3.03. The fourth-order valence-corrected chi connectivity index (χ4v) is 5.55. The van der Waals surface area contributed by atoms with E-state index in [2.05, 4.69) is 9.62 Å². The number of nitrogens with zero attached hydrogens (tertiary/aromatic N) is 2. The van der Waals surface area contributed by atoms with Crippen LogP contribution in [0.3, 0.4) is 0 Å². The summed E-state index contributed by atoms with van der Waals surface area (Å²) in [6.07, 6.45) is 3.17. The quantitative estimate of drug-likeness (QED) is 0.581. The van der Waals surface area contributed by atoms with Crippen molar-refractivity contribution in [1.29, 1.82) is 0 Å². The maximum atomic E-state index is 13.4. The molecule has 180 valence electrons. The maximum Gasteiger partial charge on any atom is 0.241 e. The first kappa shape index (κ1) is 25.7. The van der Waals surface area contributed by atoms with Gasteiger partial charge >= 0.3 is 0 Å². The molecule has 0 spiro atoms. The Bertz CT molecular complexity index is 1010. The first-order chi connectivity index (χ1) is 15.8. The number of thioether (sulfide) groups is 1. The van der Waals surface area contributed by atoms with E-state index in [4.69, 9.17) is 0 Å². The minimum Gasteiger partial charge on any atom is -0.340 e. The molecule has 0 aromatic heterocycles. The summed E-state index contributed by atoms with van der Waals surface area (Å²) in [6.45, 7) is 5.21. The molecule has 1 fully saturated rings. The van der Waals surface area contributed by atoms with Crippen LogP contribution >= 0.6 is 11.8 Å². The van der Waals surface area contributed by atoms with Gasteiger partial charge in [0.25, 0.3) is 0 Å². The molecule has 2 aromatic rings. The number of carbonyl (C=O) groups excluding carboxylic acids is 1. The zero-order valence-electron chi connectivity index (χ0n) is 19.2. The molecular weight excluding hydrogens is 461 g/mol. The normalized spacial score (nSPS) is 16.4. The molecule has 1 amide bonds. The van der Waals surface area contributed by atoms with E-state index in [9.17, 15) is 17.6 Å². The van der Waals surface area contributed by atoms with Crippen LogP contribution in [0.1, 0.15) is 24.0 Å². The van der Waals surface area contributed by atoms with Crippen LogP contribution in [0, 0.1) is 12.7 Å². The van der Waals surface area contributed by atoms with E-state index >= 15 is 0 Å². The Labute approximate surface area is 200 Å². The Morgan fingerprint density at radius 3 is 2.42 bits per heavy atom. The molecule has 1 aliphatic heterocycles. The fraction of sp³-hybridized carbons (Fsp3) is 0.458. The van der Waals surface area contributed by atoms with E-state index in [1.807, 2.05) is 13.2 Å². The summed E-state index contributed by atoms with van der Waals surface area (Å²) in [4.78, 5) is 17.5. The molecule has 1 N–H and O–H groups in total. The average molecular weight is 494 g/mol. The summed E-state index contributed by atoms with van der Waals surface area (Å²) in [5, 5.41) is 0. The minimum atomic E-state index is -3.80. The van der Waals surface area contributed by atoms with Crippen LogP contribution in [0.25, 0.3) is 0 Å². The van der Waals surface area contributed by atoms with Crippen molar-refractivity contribution in [3.05, 3.63) is 65.5 Å². The summed E-state index contributed by atoms with van der Waals surface area (Å²) in [7, 11) is -3.80. The van der Waals surface area contributed by atoms with Crippen LogP contribution in [0.5, 0.6) is 0 Å². The lowest BCUT2D eigenvalue weighted by Crippen LogP contribution is -2.49. The molecule has 2 aromatic carbocycles. The molecule has 0 saturated carbocycles. The second-order valence-electron chi connectivity index (χ2n) is 8.35. The van der Waals surface area contributed by atoms with Crippen molar-refractivity contribution in [2.75, 3.05) is 38.2 Å². The number of amides is 1. The Hall–Kier alpha value is -1.94. The number of carbonyl (C=O) groups is 1. The van der Waals surface area contributed by atoms with E-state index < -0.39 is 16.1 Å². The number of halogens is 1. The van der Waals surface area contributed by atoms with Gasteiger partial charge in [-0.25, -0.2) is 12.8 Å². The first-order valence-corrected chi connectivity index (χ1v) is 14.0. The predicted octanol–water partition coefficient (Wildman–Crippen LogP) is 3.27. The van der Waals surface area contributed by atoms with Crippen LogP contribution in [-0.4, -0.2) is 68.4 Å². The van der Waals surface area contributed by atoms with E-state index in [0.717, 1.165) is 24.1 Å². The van der Waals surface area contributed by atoms with Crippen LogP contribution in [0.4, 0.5) is 4.39 Å². The zero-order valence-corrected chi connectivity index (χ0v) is 20.8. The number of hydrogen-bond acceptors (Lipinski definition) is 5. The van der Waals surface area contributed by atoms with Gasteiger partial charge in [0.15, 0.2) is 0 Å². The Kier molecular flexibility index (Phi) is 9.31. The van der Waals surface area contributed by atoms with Gasteiger partial charge in [-0.1, -0.05) is 29.8 Å². The maximum absolute atomic E-state index is 13.4. The van der Waals surface area contributed by atoms with Crippen LogP contribution in [0.15, 0.2) is 53.4 Å². The third kappa shape index (κ3) is 7.53. The lowest BCUT2D eigenvalue weighted by Gasteiger charge is -2.27. The first-order valence-electron chi connectivity index (χ1n) is 11.1. The van der Waals surface area contributed by atoms with Crippen LogP contribution in [-0.2, 0) is 21.4 Å². The number of nitrogens with one attached hydrogen (secondary N) is 1. The molecule has 33 heavy (non-hydrogen) atoms. The topological polar surface area (TPSA) is 69.7 Å². The van der Waals surface area contributed by atoms with Crippen molar-refractivity contribution in [2.24, 2.45) is 0 Å². The van der Waals surface area contributed by atoms with Crippen molar-refractivity contribution < 1.29 is 17.6 Å². The van der Waals surface area contributed by atoms with Crippen LogP contribution < -0.4 is 4.72 Å². The summed E-state index contributed by atoms with van der Waals surface area (Å²) in [5.41, 5.74) is 2.00. The van der Waals surface area contributed by atoms with Crippen molar-refractivity contribution in [1.82, 2.24) is 14.5 Å². The van der Waals surface area contributed by atoms with Gasteiger partial charge in [-0.3, -0.25) is 9.69 Å². The minimum absolute atomic E-state index is 0.163. The Morgan fingerprint density at radius 2 is 1.76 bits per heavy atom. The SMILES string of the molecule is CSCCC(NS(=O)(=O)c1ccc(C)cc1)C(=O)N1CCCN(Cc2ccc(F)cc2)CC1. The van der Waals surface area contributed by atoms with Gasteiger partial charge < -0.3 is 4.90 Å². The van der Waals surface area contributed by atoms with Gasteiger partial charge in [-0.05, 0) is 61.6 Å². The molecule has 0 aliphatic carbocycles. The number of hydrogen-bond donors (Lipinski definition) is 1. The van der Waals surface area contributed by atoms with Gasteiger partial charge in [-0.15, -0.1) is 0 Å². The van der Waals surface area contributed by atoms with Gasteiger partial charge in [0.1, 0.15) is 11.9 Å². The second kappa shape index (κ2) is 12.0. The zero-order chi connectivity index (χ0) is 23.8. The summed E-state index contributed by atoms with van der Waals surface area (Å²) >= 11 is 1.58. The summed E-state index contributed by atoms with van der Waals surface area (Å²) in [5.74, 6) is 0.247. The molecule has 9 heteroatoms. The number of rotatable bonds is 9. The number of benzene rings is 2. The molecule has 6 nitrogen and oxygen atoms in total. The highest BCUT2D eigenvalue weighted by molar-refractivity contribution is 7.98. The molecule has 1 unspecified atom stereocenters. The fourth-order valence-electron chi connectivity index (χ4n) is 3.86. The standard InChI is InChI=1S/C24H32FN3O3S2/c1-19-4-10-22(11-5-19)33(30,31)26-23(12-17-32-2)24(29)28-14-3-13-27(15-16-28)18-20-6-8-21(25)9-7-20/h4-11,23,26H,3,12-18H2,1-2H3. The molecule has 0 radical (unpaired) electrons. The Morgan fingerprint density at radius 1 is 1.06 bits per heavy atom. The van der Waals surface area contributed by atoms with E-state index in [1.165, 1.54) is 12.1 Å². The third-order valence-corrected chi connectivity index (χ3v) is 7.89. The summed E-state index contributed by atoms with van der Waals surface area (Å²) < 4.78 is 41.7. The van der Waals surface area contributed by atoms with Gasteiger partial charge in [-0.2, -0.15) is 16.5 Å². The molecule has 3 rings (SSSR count). The molecule has 0 bridgehead atoms. The van der Waals surface area contributed by atoms with Gasteiger partial charge in [0, 0.05) is 32.7 Å². The Balaban J connectivity index is 1.65. The molecule has 1 heterocycles. The van der Waals surface area contributed by atoms with E-state index in [-0.39, 0.29) is 16.6 Å². The van der Waals surface area contributed by atoms with Gasteiger partial charge in [0.2, 0.25) is 15.9 Å². The number of aryl methyl sites for hydroxylation is 1. The smallest absolute Gasteiger partial charge is 0.241 e. The van der Waals surface area contributed by atoms with Crippen molar-refractivity contribution in [3.8, 4) is 0 Å². The van der Waals surface area contributed by atoms with Crippen molar-refractivity contribution in [3.63, 3.8) is 0 Å². The lowest BCUT2D eigenvalue weighted by molar-refractivity contribution is -0.132. The van der Waals surface area contributed by atoms with Gasteiger partial charge in [0.05, 0.1) is 4.90 Å². The van der Waals surface area contributed by atoms with E-state index in [0.29, 0.717) is 38.4 Å².